The maximum atomic E-state index is 5.94. The third kappa shape index (κ3) is 3.78. The topological polar surface area (TPSA) is 12.0 Å². The fourth-order valence-corrected chi connectivity index (χ4v) is 2.81. The van der Waals surface area contributed by atoms with Gasteiger partial charge in [-0.25, -0.2) is 0 Å². The Morgan fingerprint density at radius 3 is 2.86 bits per heavy atom. The predicted molar refractivity (Wildman–Crippen MR) is 63.9 cm³/mol. The van der Waals surface area contributed by atoms with Crippen LogP contribution in [-0.2, 0) is 0 Å². The van der Waals surface area contributed by atoms with Crippen LogP contribution in [0.15, 0.2) is 0 Å². The maximum Gasteiger partial charge on any atom is 0.0266 e. The highest BCUT2D eigenvalue weighted by Gasteiger charge is 2.25. The van der Waals surface area contributed by atoms with Gasteiger partial charge in [0.2, 0.25) is 0 Å². The lowest BCUT2D eigenvalue weighted by atomic mass is 10.0. The molecule has 1 fully saturated rings. The summed E-state index contributed by atoms with van der Waals surface area (Å²) in [5.41, 5.74) is 0. The van der Waals surface area contributed by atoms with E-state index in [9.17, 15) is 0 Å². The van der Waals surface area contributed by atoms with Gasteiger partial charge in [0.25, 0.3) is 0 Å². The third-order valence-electron chi connectivity index (χ3n) is 3.37. The van der Waals surface area contributed by atoms with Crippen molar-refractivity contribution in [2.45, 2.75) is 52.0 Å². The first-order chi connectivity index (χ1) is 6.77. The lowest BCUT2D eigenvalue weighted by molar-refractivity contribution is 0.382. The molecule has 0 amide bonds. The number of nitrogens with one attached hydrogen (secondary N) is 1. The fourth-order valence-electron chi connectivity index (χ4n) is 2.44. The summed E-state index contributed by atoms with van der Waals surface area (Å²) < 4.78 is 0. The predicted octanol–water partition coefficient (Wildman–Crippen LogP) is 3.42. The first-order valence-electron chi connectivity index (χ1n) is 6.07. The Labute approximate surface area is 93.6 Å². The highest BCUT2D eigenvalue weighted by Crippen LogP contribution is 2.26. The first kappa shape index (κ1) is 12.3. The second kappa shape index (κ2) is 6.68. The summed E-state index contributed by atoms with van der Waals surface area (Å²) in [6.07, 6.45) is 6.65. The molecule has 1 nitrogen and oxygen atoms in total. The van der Waals surface area contributed by atoms with Crippen LogP contribution in [0.5, 0.6) is 0 Å². The molecule has 0 aliphatic heterocycles. The molecule has 1 N–H and O–H groups in total. The van der Waals surface area contributed by atoms with Gasteiger partial charge < -0.3 is 5.32 Å². The standard InChI is InChI=1S/C12H24ClN/c1-3-5-10(2)9-14-12-7-4-6-11(12)8-13/h10-12,14H,3-9H2,1-2H3. The quantitative estimate of drug-likeness (QED) is 0.673. The normalized spacial score (nSPS) is 29.4. The van der Waals surface area contributed by atoms with E-state index in [2.05, 4.69) is 19.2 Å². The lowest BCUT2D eigenvalue weighted by Gasteiger charge is -2.21. The number of hydrogen-bond donors (Lipinski definition) is 1. The molecule has 3 unspecified atom stereocenters. The molecule has 84 valence electrons. The van der Waals surface area contributed by atoms with Gasteiger partial charge in [-0.3, -0.25) is 0 Å². The Morgan fingerprint density at radius 1 is 1.43 bits per heavy atom. The van der Waals surface area contributed by atoms with Crippen molar-refractivity contribution in [2.24, 2.45) is 11.8 Å². The SMILES string of the molecule is CCCC(C)CNC1CCCC1CCl. The van der Waals surface area contributed by atoms with E-state index in [1.54, 1.807) is 0 Å². The van der Waals surface area contributed by atoms with Crippen molar-refractivity contribution in [3.05, 3.63) is 0 Å². The molecule has 1 aliphatic rings. The Hall–Kier alpha value is 0.250. The zero-order valence-corrected chi connectivity index (χ0v) is 10.3. The van der Waals surface area contributed by atoms with E-state index in [-0.39, 0.29) is 0 Å². The van der Waals surface area contributed by atoms with E-state index in [4.69, 9.17) is 11.6 Å². The molecule has 0 spiro atoms. The lowest BCUT2D eigenvalue weighted by Crippen LogP contribution is -2.36. The Kier molecular flexibility index (Phi) is 5.88. The zero-order chi connectivity index (χ0) is 10.4. The molecule has 0 bridgehead atoms. The summed E-state index contributed by atoms with van der Waals surface area (Å²) in [6, 6.07) is 0.701. The molecule has 0 heterocycles. The molecular weight excluding hydrogens is 194 g/mol. The van der Waals surface area contributed by atoms with E-state index >= 15 is 0 Å². The van der Waals surface area contributed by atoms with E-state index in [0.717, 1.165) is 17.7 Å². The van der Waals surface area contributed by atoms with Crippen LogP contribution >= 0.6 is 11.6 Å². The highest BCUT2D eigenvalue weighted by molar-refractivity contribution is 6.18. The first-order valence-corrected chi connectivity index (χ1v) is 6.60. The number of alkyl halides is 1. The number of hydrogen-bond acceptors (Lipinski definition) is 1. The van der Waals surface area contributed by atoms with Gasteiger partial charge in [-0.05, 0) is 37.6 Å². The molecule has 1 aliphatic carbocycles. The van der Waals surface area contributed by atoms with Gasteiger partial charge in [-0.1, -0.05) is 26.7 Å². The van der Waals surface area contributed by atoms with Crippen molar-refractivity contribution in [3.63, 3.8) is 0 Å². The number of rotatable bonds is 6. The maximum absolute atomic E-state index is 5.94. The van der Waals surface area contributed by atoms with Crippen LogP contribution in [0.25, 0.3) is 0 Å². The molecule has 2 heteroatoms. The minimum absolute atomic E-state index is 0.701. The van der Waals surface area contributed by atoms with Crippen molar-refractivity contribution < 1.29 is 0 Å². The van der Waals surface area contributed by atoms with Crippen LogP contribution in [0, 0.1) is 11.8 Å². The van der Waals surface area contributed by atoms with E-state index in [1.807, 2.05) is 0 Å². The third-order valence-corrected chi connectivity index (χ3v) is 3.76. The smallest absolute Gasteiger partial charge is 0.0266 e. The summed E-state index contributed by atoms with van der Waals surface area (Å²) in [7, 11) is 0. The molecule has 1 saturated carbocycles. The zero-order valence-electron chi connectivity index (χ0n) is 9.56. The van der Waals surface area contributed by atoms with Gasteiger partial charge in [0.15, 0.2) is 0 Å². The van der Waals surface area contributed by atoms with Gasteiger partial charge in [0, 0.05) is 11.9 Å². The second-order valence-electron chi connectivity index (χ2n) is 4.75. The highest BCUT2D eigenvalue weighted by atomic mass is 35.5. The minimum Gasteiger partial charge on any atom is -0.313 e. The summed E-state index contributed by atoms with van der Waals surface area (Å²) in [5.74, 6) is 2.38. The molecule has 14 heavy (non-hydrogen) atoms. The van der Waals surface area contributed by atoms with Crippen molar-refractivity contribution in [1.29, 1.82) is 0 Å². The van der Waals surface area contributed by atoms with Crippen LogP contribution in [0.3, 0.4) is 0 Å². The Bertz CT molecular complexity index is 149. The molecule has 0 aromatic heterocycles. The van der Waals surface area contributed by atoms with Crippen molar-refractivity contribution in [1.82, 2.24) is 5.32 Å². The van der Waals surface area contributed by atoms with Crippen molar-refractivity contribution in [2.75, 3.05) is 12.4 Å². The second-order valence-corrected chi connectivity index (χ2v) is 5.06. The van der Waals surface area contributed by atoms with E-state index < -0.39 is 0 Å². The summed E-state index contributed by atoms with van der Waals surface area (Å²) in [6.45, 7) is 5.76. The average molecular weight is 218 g/mol. The van der Waals surface area contributed by atoms with Crippen LogP contribution in [0.1, 0.15) is 46.0 Å². The minimum atomic E-state index is 0.701. The molecule has 3 atom stereocenters. The van der Waals surface area contributed by atoms with E-state index in [0.29, 0.717) is 6.04 Å². The van der Waals surface area contributed by atoms with Gasteiger partial charge in [-0.15, -0.1) is 11.6 Å². The Morgan fingerprint density at radius 2 is 2.21 bits per heavy atom. The molecule has 0 aromatic carbocycles. The average Bonchev–Trinajstić information content (AvgIpc) is 2.62. The molecule has 0 saturated heterocycles. The molecule has 1 rings (SSSR count). The molecule has 0 aromatic rings. The van der Waals surface area contributed by atoms with Crippen LogP contribution < -0.4 is 5.32 Å². The number of halogens is 1. The molecule has 0 radical (unpaired) electrons. The largest absolute Gasteiger partial charge is 0.313 e. The molecular formula is C12H24ClN. The fraction of sp³-hybridized carbons (Fsp3) is 1.00. The van der Waals surface area contributed by atoms with Crippen LogP contribution in [0.2, 0.25) is 0 Å². The van der Waals surface area contributed by atoms with Crippen LogP contribution in [0.4, 0.5) is 0 Å². The van der Waals surface area contributed by atoms with Crippen molar-refractivity contribution >= 4 is 11.6 Å². The summed E-state index contributed by atoms with van der Waals surface area (Å²) in [5, 5.41) is 3.68. The van der Waals surface area contributed by atoms with Gasteiger partial charge in [0.1, 0.15) is 0 Å². The summed E-state index contributed by atoms with van der Waals surface area (Å²) >= 11 is 5.94. The van der Waals surface area contributed by atoms with Gasteiger partial charge >= 0.3 is 0 Å². The monoisotopic (exact) mass is 217 g/mol. The van der Waals surface area contributed by atoms with Gasteiger partial charge in [0.05, 0.1) is 0 Å². The summed E-state index contributed by atoms with van der Waals surface area (Å²) in [4.78, 5) is 0. The van der Waals surface area contributed by atoms with Crippen LogP contribution in [-0.4, -0.2) is 18.5 Å². The van der Waals surface area contributed by atoms with Gasteiger partial charge in [-0.2, -0.15) is 0 Å². The van der Waals surface area contributed by atoms with E-state index in [1.165, 1.54) is 38.6 Å². The van der Waals surface area contributed by atoms with Crippen molar-refractivity contribution in [3.8, 4) is 0 Å². The Balaban J connectivity index is 2.16.